The topological polar surface area (TPSA) is 54.7 Å². The van der Waals surface area contributed by atoms with Crippen molar-refractivity contribution in [2.75, 3.05) is 19.7 Å². The Labute approximate surface area is 148 Å². The van der Waals surface area contributed by atoms with Crippen molar-refractivity contribution in [1.29, 1.82) is 0 Å². The maximum Gasteiger partial charge on any atom is 0.222 e. The highest BCUT2D eigenvalue weighted by molar-refractivity contribution is 5.15. The van der Waals surface area contributed by atoms with E-state index >= 15 is 0 Å². The lowest BCUT2D eigenvalue weighted by Crippen LogP contribution is -2.48. The minimum atomic E-state index is 0.231. The van der Waals surface area contributed by atoms with Crippen LogP contribution in [0, 0.1) is 17.8 Å². The van der Waals surface area contributed by atoms with Crippen LogP contribution in [0.25, 0.3) is 0 Å². The van der Waals surface area contributed by atoms with Crippen molar-refractivity contribution in [2.45, 2.75) is 62.7 Å². The summed E-state index contributed by atoms with van der Waals surface area (Å²) in [5, 5.41) is 9.12. The van der Waals surface area contributed by atoms with Crippen molar-refractivity contribution in [3.63, 3.8) is 0 Å². The fraction of sp³-hybridized carbons (Fsp3) is 0.800. The van der Waals surface area contributed by atoms with Crippen LogP contribution in [0.15, 0.2) is 16.4 Å². The summed E-state index contributed by atoms with van der Waals surface area (Å²) in [6, 6.07) is 0. The van der Waals surface area contributed by atoms with Gasteiger partial charge in [0.2, 0.25) is 11.8 Å². The Morgan fingerprint density at radius 2 is 1.60 bits per heavy atom. The van der Waals surface area contributed by atoms with Crippen molar-refractivity contribution < 1.29 is 9.15 Å². The Bertz CT molecular complexity index is 660. The van der Waals surface area contributed by atoms with Crippen LogP contribution >= 0.6 is 0 Å². The molecule has 3 heterocycles. The maximum atomic E-state index is 6.36. The normalized spacial score (nSPS) is 41.4. The highest BCUT2D eigenvalue weighted by Gasteiger charge is 2.54. The summed E-state index contributed by atoms with van der Waals surface area (Å²) in [7, 11) is 0. The standard InChI is InChI=1S/C20H27N3O2/c1-3-23(11-17-12-24-17)4-2-16(1)18-21-22-19(25-18)20-8-13-5-14(9-20)7-15(6-13)10-20/h11,13-16H,1-10,12H2. The van der Waals surface area contributed by atoms with E-state index in [0.29, 0.717) is 5.92 Å². The average molecular weight is 341 g/mol. The molecule has 2 saturated heterocycles. The summed E-state index contributed by atoms with van der Waals surface area (Å²) in [5.41, 5.74) is 0.231. The van der Waals surface area contributed by atoms with Gasteiger partial charge in [0.15, 0.2) is 0 Å². The van der Waals surface area contributed by atoms with Crippen LogP contribution in [-0.4, -0.2) is 34.8 Å². The lowest BCUT2D eigenvalue weighted by atomic mass is 9.49. The van der Waals surface area contributed by atoms with E-state index in [1.54, 1.807) is 0 Å². The summed E-state index contributed by atoms with van der Waals surface area (Å²) in [5.74, 6) is 6.20. The number of rotatable bonds is 3. The first-order chi connectivity index (χ1) is 12.3. The quantitative estimate of drug-likeness (QED) is 0.787. The van der Waals surface area contributed by atoms with Gasteiger partial charge in [-0.2, -0.15) is 0 Å². The summed E-state index contributed by atoms with van der Waals surface area (Å²) in [4.78, 5) is 2.37. The summed E-state index contributed by atoms with van der Waals surface area (Å²) in [6.45, 7) is 2.94. The van der Waals surface area contributed by atoms with Crippen molar-refractivity contribution in [1.82, 2.24) is 15.1 Å². The van der Waals surface area contributed by atoms with Crippen molar-refractivity contribution in [3.05, 3.63) is 23.7 Å². The Hall–Kier alpha value is -1.52. The number of ether oxygens (including phenoxy) is 1. The molecule has 4 aliphatic carbocycles. The molecule has 0 atom stereocenters. The maximum absolute atomic E-state index is 6.36. The molecule has 6 aliphatic rings. The second-order valence-electron chi connectivity index (χ2n) is 9.34. The molecule has 25 heavy (non-hydrogen) atoms. The fourth-order valence-electron chi connectivity index (χ4n) is 6.58. The number of epoxide rings is 1. The molecule has 2 aliphatic heterocycles. The lowest BCUT2D eigenvalue weighted by molar-refractivity contribution is -0.0185. The van der Waals surface area contributed by atoms with Gasteiger partial charge in [0.1, 0.15) is 12.4 Å². The fourth-order valence-corrected chi connectivity index (χ4v) is 6.58. The molecule has 5 heteroatoms. The molecular formula is C20H27N3O2. The second kappa shape index (κ2) is 5.24. The van der Waals surface area contributed by atoms with Crippen LogP contribution in [0.4, 0.5) is 0 Å². The Balaban J connectivity index is 1.19. The molecule has 4 bridgehead atoms. The van der Waals surface area contributed by atoms with Crippen LogP contribution in [0.5, 0.6) is 0 Å². The van der Waals surface area contributed by atoms with E-state index in [4.69, 9.17) is 9.15 Å². The molecule has 4 saturated carbocycles. The molecule has 0 unspecified atom stereocenters. The molecule has 5 nitrogen and oxygen atoms in total. The van der Waals surface area contributed by atoms with Gasteiger partial charge in [-0.05, 0) is 69.1 Å². The van der Waals surface area contributed by atoms with Crippen LogP contribution in [0.1, 0.15) is 69.1 Å². The molecule has 6 fully saturated rings. The lowest BCUT2D eigenvalue weighted by Gasteiger charge is -2.55. The van der Waals surface area contributed by atoms with Gasteiger partial charge in [0.05, 0.1) is 0 Å². The zero-order chi connectivity index (χ0) is 16.4. The van der Waals surface area contributed by atoms with Gasteiger partial charge in [-0.15, -0.1) is 10.2 Å². The van der Waals surface area contributed by atoms with Crippen LogP contribution in [0.2, 0.25) is 0 Å². The predicted molar refractivity (Wildman–Crippen MR) is 91.7 cm³/mol. The van der Waals surface area contributed by atoms with Gasteiger partial charge in [-0.1, -0.05) is 0 Å². The molecule has 0 spiro atoms. The molecular weight excluding hydrogens is 314 g/mol. The molecule has 7 rings (SSSR count). The molecule has 1 aromatic heterocycles. The number of piperidine rings is 1. The van der Waals surface area contributed by atoms with Gasteiger partial charge in [-0.3, -0.25) is 0 Å². The molecule has 0 N–H and O–H groups in total. The van der Waals surface area contributed by atoms with E-state index in [-0.39, 0.29) is 5.41 Å². The first-order valence-electron chi connectivity index (χ1n) is 10.2. The van der Waals surface area contributed by atoms with E-state index in [1.165, 1.54) is 38.5 Å². The Morgan fingerprint density at radius 3 is 2.20 bits per heavy atom. The molecule has 134 valence electrons. The van der Waals surface area contributed by atoms with E-state index in [9.17, 15) is 0 Å². The SMILES string of the molecule is C(=C1CO1)N1CCC(c2nnc(C34CC5CC(CC(C5)C3)C4)o2)CC1. The zero-order valence-corrected chi connectivity index (χ0v) is 14.8. The number of nitrogens with zero attached hydrogens (tertiary/aromatic N) is 3. The third-order valence-electron chi connectivity index (χ3n) is 7.45. The van der Waals surface area contributed by atoms with E-state index < -0.39 is 0 Å². The molecule has 0 aromatic carbocycles. The molecule has 0 amide bonds. The Morgan fingerprint density at radius 1 is 0.960 bits per heavy atom. The number of aromatic nitrogens is 2. The van der Waals surface area contributed by atoms with Gasteiger partial charge in [0.25, 0.3) is 0 Å². The summed E-state index contributed by atoms with van der Waals surface area (Å²) < 4.78 is 11.6. The van der Waals surface area contributed by atoms with Crippen LogP contribution in [-0.2, 0) is 10.2 Å². The van der Waals surface area contributed by atoms with Crippen molar-refractivity contribution in [2.24, 2.45) is 17.8 Å². The smallest absolute Gasteiger partial charge is 0.222 e. The van der Waals surface area contributed by atoms with Gasteiger partial charge in [-0.25, -0.2) is 0 Å². The summed E-state index contributed by atoms with van der Waals surface area (Å²) >= 11 is 0. The van der Waals surface area contributed by atoms with E-state index in [0.717, 1.165) is 67.8 Å². The van der Waals surface area contributed by atoms with Gasteiger partial charge >= 0.3 is 0 Å². The molecule has 0 radical (unpaired) electrons. The highest BCUT2D eigenvalue weighted by atomic mass is 16.6. The third-order valence-corrected chi connectivity index (χ3v) is 7.45. The van der Waals surface area contributed by atoms with E-state index in [1.807, 2.05) is 0 Å². The van der Waals surface area contributed by atoms with E-state index in [2.05, 4.69) is 21.3 Å². The van der Waals surface area contributed by atoms with Crippen LogP contribution in [0.3, 0.4) is 0 Å². The number of hydrogen-bond donors (Lipinski definition) is 0. The largest absolute Gasteiger partial charge is 0.485 e. The molecule has 1 aromatic rings. The highest BCUT2D eigenvalue weighted by Crippen LogP contribution is 2.60. The zero-order valence-electron chi connectivity index (χ0n) is 14.8. The van der Waals surface area contributed by atoms with Crippen molar-refractivity contribution >= 4 is 0 Å². The Kier molecular flexibility index (Phi) is 3.07. The predicted octanol–water partition coefficient (Wildman–Crippen LogP) is 3.59. The van der Waals surface area contributed by atoms with Gasteiger partial charge in [0, 0.05) is 30.6 Å². The van der Waals surface area contributed by atoms with Crippen LogP contribution < -0.4 is 0 Å². The minimum absolute atomic E-state index is 0.231. The van der Waals surface area contributed by atoms with Gasteiger partial charge < -0.3 is 14.1 Å². The minimum Gasteiger partial charge on any atom is -0.485 e. The average Bonchev–Trinajstić information content (AvgIpc) is 3.26. The van der Waals surface area contributed by atoms with Crippen molar-refractivity contribution in [3.8, 4) is 0 Å². The second-order valence-corrected chi connectivity index (χ2v) is 9.34. The first-order valence-corrected chi connectivity index (χ1v) is 10.2. The first kappa shape index (κ1) is 14.6. The monoisotopic (exact) mass is 341 g/mol. The third kappa shape index (κ3) is 2.49. The summed E-state index contributed by atoms with van der Waals surface area (Å²) in [6.07, 6.45) is 12.6. The number of likely N-dealkylation sites (tertiary alicyclic amines) is 1. The number of hydrogen-bond acceptors (Lipinski definition) is 5.